The summed E-state index contributed by atoms with van der Waals surface area (Å²) in [6, 6.07) is 0. The van der Waals surface area contributed by atoms with Gasteiger partial charge in [0.2, 0.25) is 0 Å². The molecule has 0 unspecified atom stereocenters. The molecule has 2 aromatic heterocycles. The van der Waals surface area contributed by atoms with Crippen molar-refractivity contribution in [2.45, 2.75) is 0 Å². The average Bonchev–Trinajstić information content (AvgIpc) is 2.76. The standard InChI is InChI=1S/C8H8ClN5OSe/c9-6-5-7(12-13-11-6)10-8(16-5)14-1-3-15-4-2-14/h1-4H2. The number of hydrogen-bond acceptors (Lipinski definition) is 6. The quantitative estimate of drug-likeness (QED) is 0.689. The van der Waals surface area contributed by atoms with Gasteiger partial charge >= 0.3 is 102 Å². The van der Waals surface area contributed by atoms with E-state index in [-0.39, 0.29) is 14.5 Å². The van der Waals surface area contributed by atoms with Gasteiger partial charge in [0.25, 0.3) is 0 Å². The van der Waals surface area contributed by atoms with Crippen LogP contribution < -0.4 is 4.90 Å². The first-order valence-electron chi connectivity index (χ1n) is 4.83. The number of fused-ring (bicyclic) bond motifs is 1. The number of rotatable bonds is 1. The fraction of sp³-hybridized carbons (Fsp3) is 0.500. The Hall–Kier alpha value is -0.751. The molecule has 0 bridgehead atoms. The van der Waals surface area contributed by atoms with Crippen molar-refractivity contribution < 1.29 is 4.74 Å². The Balaban J connectivity index is 2.01. The molecule has 3 rings (SSSR count). The van der Waals surface area contributed by atoms with Gasteiger partial charge in [-0.15, -0.1) is 0 Å². The zero-order chi connectivity index (χ0) is 11.0. The van der Waals surface area contributed by atoms with E-state index in [2.05, 4.69) is 25.3 Å². The summed E-state index contributed by atoms with van der Waals surface area (Å²) in [5.74, 6) is 0. The monoisotopic (exact) mass is 305 g/mol. The minimum absolute atomic E-state index is 0.0900. The summed E-state index contributed by atoms with van der Waals surface area (Å²) >= 11 is 6.05. The van der Waals surface area contributed by atoms with Gasteiger partial charge in [0.05, 0.1) is 0 Å². The predicted octanol–water partition coefficient (Wildman–Crippen LogP) is -0.0332. The van der Waals surface area contributed by atoms with E-state index in [0.29, 0.717) is 10.8 Å². The van der Waals surface area contributed by atoms with Crippen LogP contribution >= 0.6 is 11.6 Å². The number of nitrogens with zero attached hydrogens (tertiary/aromatic N) is 5. The van der Waals surface area contributed by atoms with Crippen LogP contribution in [0.25, 0.3) is 9.91 Å². The molecule has 6 nitrogen and oxygen atoms in total. The number of halogens is 1. The summed E-state index contributed by atoms with van der Waals surface area (Å²) in [4.78, 5) is 6.68. The topological polar surface area (TPSA) is 64.0 Å². The van der Waals surface area contributed by atoms with Crippen molar-refractivity contribution in [3.05, 3.63) is 5.15 Å². The molecular formula is C8H8ClN5OSe. The minimum atomic E-state index is 0.0900. The van der Waals surface area contributed by atoms with Crippen molar-refractivity contribution >= 4 is 40.7 Å². The van der Waals surface area contributed by atoms with Gasteiger partial charge in [0, 0.05) is 0 Å². The van der Waals surface area contributed by atoms with E-state index in [4.69, 9.17) is 16.3 Å². The van der Waals surface area contributed by atoms with Crippen molar-refractivity contribution in [1.82, 2.24) is 20.4 Å². The van der Waals surface area contributed by atoms with Gasteiger partial charge in [-0.3, -0.25) is 0 Å². The first-order valence-corrected chi connectivity index (χ1v) is 6.92. The Bertz CT molecular complexity index is 512. The summed E-state index contributed by atoms with van der Waals surface area (Å²) in [6.07, 6.45) is 0. The molecule has 0 aliphatic carbocycles. The van der Waals surface area contributed by atoms with Gasteiger partial charge in [-0.1, -0.05) is 0 Å². The van der Waals surface area contributed by atoms with Gasteiger partial charge in [-0.05, 0) is 0 Å². The second-order valence-corrected chi connectivity index (χ2v) is 5.74. The maximum absolute atomic E-state index is 5.96. The number of aromatic nitrogens is 4. The van der Waals surface area contributed by atoms with Crippen molar-refractivity contribution in [1.29, 1.82) is 0 Å². The van der Waals surface area contributed by atoms with Gasteiger partial charge < -0.3 is 0 Å². The second kappa shape index (κ2) is 4.25. The van der Waals surface area contributed by atoms with Crippen LogP contribution in [0.15, 0.2) is 0 Å². The van der Waals surface area contributed by atoms with E-state index in [0.717, 1.165) is 35.3 Å². The van der Waals surface area contributed by atoms with Gasteiger partial charge in [-0.2, -0.15) is 0 Å². The summed E-state index contributed by atoms with van der Waals surface area (Å²) in [5, 5.41) is 11.6. The van der Waals surface area contributed by atoms with Crippen molar-refractivity contribution in [2.75, 3.05) is 31.2 Å². The van der Waals surface area contributed by atoms with E-state index >= 15 is 0 Å². The van der Waals surface area contributed by atoms with E-state index < -0.39 is 0 Å². The van der Waals surface area contributed by atoms with E-state index in [1.807, 2.05) is 0 Å². The molecule has 84 valence electrons. The third kappa shape index (κ3) is 1.80. The average molecular weight is 305 g/mol. The Morgan fingerprint density at radius 1 is 1.25 bits per heavy atom. The number of morpholine rings is 1. The third-order valence-electron chi connectivity index (χ3n) is 2.34. The zero-order valence-electron chi connectivity index (χ0n) is 8.26. The Morgan fingerprint density at radius 2 is 2.06 bits per heavy atom. The SMILES string of the molecule is Clc1nnnc2nc(N3CCOCC3)[se]c12. The van der Waals surface area contributed by atoms with E-state index in [1.165, 1.54) is 0 Å². The molecule has 1 saturated heterocycles. The summed E-state index contributed by atoms with van der Waals surface area (Å²) in [5.41, 5.74) is 0.626. The number of ether oxygens (including phenoxy) is 1. The number of anilines is 1. The normalized spacial score (nSPS) is 16.9. The molecule has 16 heavy (non-hydrogen) atoms. The first kappa shape index (κ1) is 10.4. The Labute approximate surface area is 102 Å². The van der Waals surface area contributed by atoms with E-state index in [9.17, 15) is 0 Å². The zero-order valence-corrected chi connectivity index (χ0v) is 10.7. The van der Waals surface area contributed by atoms with Gasteiger partial charge in [0.1, 0.15) is 0 Å². The molecular weight excluding hydrogens is 297 g/mol. The van der Waals surface area contributed by atoms with Gasteiger partial charge in [-0.25, -0.2) is 0 Å². The molecule has 1 aliphatic heterocycles. The Morgan fingerprint density at radius 3 is 2.81 bits per heavy atom. The van der Waals surface area contributed by atoms with Crippen LogP contribution in [0, 0.1) is 0 Å². The predicted molar refractivity (Wildman–Crippen MR) is 60.1 cm³/mol. The molecule has 0 radical (unpaired) electrons. The number of hydrogen-bond donors (Lipinski definition) is 0. The second-order valence-electron chi connectivity index (χ2n) is 3.33. The molecule has 0 N–H and O–H groups in total. The van der Waals surface area contributed by atoms with Crippen molar-refractivity contribution in [2.24, 2.45) is 0 Å². The molecule has 3 heterocycles. The molecule has 1 aliphatic rings. The van der Waals surface area contributed by atoms with Crippen LogP contribution in [0.4, 0.5) is 4.69 Å². The molecule has 0 aromatic carbocycles. The van der Waals surface area contributed by atoms with Crippen LogP contribution in [0.2, 0.25) is 5.15 Å². The molecule has 8 heteroatoms. The third-order valence-corrected chi connectivity index (χ3v) is 5.19. The molecule has 0 amide bonds. The van der Waals surface area contributed by atoms with Crippen LogP contribution in [0.1, 0.15) is 0 Å². The van der Waals surface area contributed by atoms with Crippen LogP contribution in [0.3, 0.4) is 0 Å². The Kier molecular flexibility index (Phi) is 2.77. The van der Waals surface area contributed by atoms with Crippen LogP contribution in [-0.4, -0.2) is 61.2 Å². The first-order chi connectivity index (χ1) is 7.84. The summed E-state index contributed by atoms with van der Waals surface area (Å²) in [6.45, 7) is 3.27. The van der Waals surface area contributed by atoms with Crippen molar-refractivity contribution in [3.63, 3.8) is 0 Å². The summed E-state index contributed by atoms with van der Waals surface area (Å²) < 4.78 is 7.29. The molecule has 1 fully saturated rings. The van der Waals surface area contributed by atoms with Crippen molar-refractivity contribution in [3.8, 4) is 0 Å². The molecule has 0 atom stereocenters. The van der Waals surface area contributed by atoms with E-state index in [1.54, 1.807) is 0 Å². The van der Waals surface area contributed by atoms with Crippen LogP contribution in [-0.2, 0) is 4.74 Å². The maximum atomic E-state index is 5.96. The summed E-state index contributed by atoms with van der Waals surface area (Å²) in [7, 11) is 0. The molecule has 0 spiro atoms. The molecule has 2 aromatic rings. The van der Waals surface area contributed by atoms with Crippen LogP contribution in [0.5, 0.6) is 0 Å². The fourth-order valence-electron chi connectivity index (χ4n) is 1.54. The van der Waals surface area contributed by atoms with Gasteiger partial charge in [0.15, 0.2) is 0 Å². The molecule has 0 saturated carbocycles. The fourth-order valence-corrected chi connectivity index (χ4v) is 3.81.